The third-order valence-electron chi connectivity index (χ3n) is 2.15. The predicted octanol–water partition coefficient (Wildman–Crippen LogP) is 1.04. The van der Waals surface area contributed by atoms with E-state index in [0.29, 0.717) is 0 Å². The zero-order chi connectivity index (χ0) is 13.0. The maximum Gasteiger partial charge on any atom is 0.323 e. The molecule has 1 rings (SSSR count). The van der Waals surface area contributed by atoms with E-state index < -0.39 is 41.4 Å². The van der Waals surface area contributed by atoms with E-state index in [4.69, 9.17) is 5.73 Å². The van der Waals surface area contributed by atoms with Crippen molar-refractivity contribution in [1.29, 1.82) is 0 Å². The van der Waals surface area contributed by atoms with Crippen molar-refractivity contribution in [2.45, 2.75) is 12.5 Å². The lowest BCUT2D eigenvalue weighted by molar-refractivity contribution is -0.142. The van der Waals surface area contributed by atoms with E-state index in [1.54, 1.807) is 0 Å². The second-order valence-corrected chi connectivity index (χ2v) is 3.35. The lowest BCUT2D eigenvalue weighted by atomic mass is 10.0. The van der Waals surface area contributed by atoms with Gasteiger partial charge in [-0.25, -0.2) is 8.78 Å². The summed E-state index contributed by atoms with van der Waals surface area (Å²) in [5, 5.41) is 0. The lowest BCUT2D eigenvalue weighted by Gasteiger charge is -2.09. The molecule has 4 nitrogen and oxygen atoms in total. The number of ether oxygens (including phenoxy) is 1. The van der Waals surface area contributed by atoms with Crippen LogP contribution < -0.4 is 5.73 Å². The number of methoxy groups -OCH3 is 1. The first-order valence-corrected chi connectivity index (χ1v) is 4.78. The highest BCUT2D eigenvalue weighted by Crippen LogP contribution is 2.15. The Kier molecular flexibility index (Phi) is 4.28. The van der Waals surface area contributed by atoms with Crippen molar-refractivity contribution < 1.29 is 23.1 Å². The molecule has 1 aromatic carbocycles. The molecule has 2 N–H and O–H groups in total. The van der Waals surface area contributed by atoms with E-state index in [-0.39, 0.29) is 0 Å². The average molecular weight is 243 g/mol. The molecule has 92 valence electrons. The number of ketones is 1. The summed E-state index contributed by atoms with van der Waals surface area (Å²) in [5.74, 6) is -3.65. The molecule has 0 radical (unpaired) electrons. The summed E-state index contributed by atoms with van der Waals surface area (Å²) in [6.07, 6.45) is -0.509. The van der Waals surface area contributed by atoms with Crippen molar-refractivity contribution in [3.05, 3.63) is 35.4 Å². The van der Waals surface area contributed by atoms with Crippen molar-refractivity contribution in [3.63, 3.8) is 0 Å². The molecule has 1 aromatic rings. The van der Waals surface area contributed by atoms with Gasteiger partial charge in [0, 0.05) is 6.42 Å². The number of esters is 1. The van der Waals surface area contributed by atoms with E-state index in [0.717, 1.165) is 25.3 Å². The second kappa shape index (κ2) is 5.49. The maximum atomic E-state index is 13.2. The van der Waals surface area contributed by atoms with Crippen LogP contribution in [0.25, 0.3) is 0 Å². The van der Waals surface area contributed by atoms with Gasteiger partial charge >= 0.3 is 5.97 Å². The van der Waals surface area contributed by atoms with Crippen LogP contribution >= 0.6 is 0 Å². The van der Waals surface area contributed by atoms with Gasteiger partial charge in [-0.2, -0.15) is 0 Å². The zero-order valence-electron chi connectivity index (χ0n) is 9.07. The number of benzene rings is 1. The van der Waals surface area contributed by atoms with E-state index in [9.17, 15) is 18.4 Å². The number of rotatable bonds is 4. The largest absolute Gasteiger partial charge is 0.468 e. The third kappa shape index (κ3) is 3.07. The highest BCUT2D eigenvalue weighted by atomic mass is 19.1. The number of carbonyl (C=O) groups is 2. The van der Waals surface area contributed by atoms with E-state index in [1.165, 1.54) is 0 Å². The number of carbonyl (C=O) groups excluding carboxylic acids is 2. The summed E-state index contributed by atoms with van der Waals surface area (Å²) in [6, 6.07) is 1.83. The highest BCUT2D eigenvalue weighted by Gasteiger charge is 2.23. The van der Waals surface area contributed by atoms with Crippen molar-refractivity contribution in [2.75, 3.05) is 7.11 Å². The molecule has 1 atom stereocenters. The SMILES string of the molecule is COC(=O)C(N)CC(=O)c1c(F)cccc1F. The van der Waals surface area contributed by atoms with Crippen molar-refractivity contribution >= 4 is 11.8 Å². The molecule has 0 heterocycles. The molecule has 6 heteroatoms. The van der Waals surface area contributed by atoms with Crippen LogP contribution in [0.15, 0.2) is 18.2 Å². The number of nitrogens with two attached hydrogens (primary N) is 1. The van der Waals surface area contributed by atoms with Crippen LogP contribution in [-0.4, -0.2) is 24.9 Å². The predicted molar refractivity (Wildman–Crippen MR) is 55.3 cm³/mol. The van der Waals surface area contributed by atoms with E-state index in [1.807, 2.05) is 0 Å². The number of hydrogen-bond acceptors (Lipinski definition) is 4. The minimum atomic E-state index is -1.23. The molecular formula is C11H11F2NO3. The van der Waals surface area contributed by atoms with Gasteiger partial charge in [-0.1, -0.05) is 6.07 Å². The summed E-state index contributed by atoms with van der Waals surface area (Å²) in [7, 11) is 1.11. The summed E-state index contributed by atoms with van der Waals surface area (Å²) in [4.78, 5) is 22.5. The molecule has 0 aliphatic rings. The van der Waals surface area contributed by atoms with Gasteiger partial charge < -0.3 is 10.5 Å². The minimum Gasteiger partial charge on any atom is -0.468 e. The van der Waals surface area contributed by atoms with Gasteiger partial charge in [0.1, 0.15) is 17.7 Å². The van der Waals surface area contributed by atoms with Gasteiger partial charge in [0.25, 0.3) is 0 Å². The number of halogens is 2. The minimum absolute atomic E-state index is 0.509. The summed E-state index contributed by atoms with van der Waals surface area (Å²) < 4.78 is 30.7. The van der Waals surface area contributed by atoms with E-state index >= 15 is 0 Å². The van der Waals surface area contributed by atoms with Crippen molar-refractivity contribution in [2.24, 2.45) is 5.73 Å². The monoisotopic (exact) mass is 243 g/mol. The summed E-state index contributed by atoms with van der Waals surface area (Å²) >= 11 is 0. The summed E-state index contributed by atoms with van der Waals surface area (Å²) in [6.45, 7) is 0. The Morgan fingerprint density at radius 1 is 1.35 bits per heavy atom. The van der Waals surface area contributed by atoms with Gasteiger partial charge in [0.05, 0.1) is 12.7 Å². The Labute approximate surface area is 96.4 Å². The Balaban J connectivity index is 2.87. The molecule has 0 fully saturated rings. The first-order valence-electron chi connectivity index (χ1n) is 4.78. The molecular weight excluding hydrogens is 232 g/mol. The molecule has 0 saturated carbocycles. The second-order valence-electron chi connectivity index (χ2n) is 3.35. The first kappa shape index (κ1) is 13.2. The van der Waals surface area contributed by atoms with Gasteiger partial charge in [-0.15, -0.1) is 0 Å². The smallest absolute Gasteiger partial charge is 0.323 e. The topological polar surface area (TPSA) is 69.4 Å². The fourth-order valence-electron chi connectivity index (χ4n) is 1.30. The lowest BCUT2D eigenvalue weighted by Crippen LogP contribution is -2.34. The number of Topliss-reactive ketones (excluding diaryl/α,β-unsaturated/α-hetero) is 1. The molecule has 1 unspecified atom stereocenters. The van der Waals surface area contributed by atoms with Gasteiger partial charge in [-0.05, 0) is 12.1 Å². The Morgan fingerprint density at radius 2 is 1.88 bits per heavy atom. The van der Waals surface area contributed by atoms with Gasteiger partial charge in [-0.3, -0.25) is 9.59 Å². The Hall–Kier alpha value is -1.82. The molecule has 0 spiro atoms. The van der Waals surface area contributed by atoms with Crippen LogP contribution in [0.5, 0.6) is 0 Å². The molecule has 0 aliphatic carbocycles. The standard InChI is InChI=1S/C11H11F2NO3/c1-17-11(16)8(14)5-9(15)10-6(12)3-2-4-7(10)13/h2-4,8H,5,14H2,1H3. The quantitative estimate of drug-likeness (QED) is 0.633. The van der Waals surface area contributed by atoms with Crippen LogP contribution in [0.3, 0.4) is 0 Å². The molecule has 0 aromatic heterocycles. The first-order chi connectivity index (χ1) is 7.97. The van der Waals surface area contributed by atoms with Crippen molar-refractivity contribution in [1.82, 2.24) is 0 Å². The Morgan fingerprint density at radius 3 is 2.35 bits per heavy atom. The molecule has 0 saturated heterocycles. The fourth-order valence-corrected chi connectivity index (χ4v) is 1.30. The van der Waals surface area contributed by atoms with Crippen LogP contribution in [0.1, 0.15) is 16.8 Å². The maximum absolute atomic E-state index is 13.2. The molecule has 0 bridgehead atoms. The van der Waals surface area contributed by atoms with Crippen LogP contribution in [0.2, 0.25) is 0 Å². The average Bonchev–Trinajstić information content (AvgIpc) is 2.27. The molecule has 17 heavy (non-hydrogen) atoms. The summed E-state index contributed by atoms with van der Waals surface area (Å²) in [5.41, 5.74) is 4.64. The number of hydrogen-bond donors (Lipinski definition) is 1. The van der Waals surface area contributed by atoms with Gasteiger partial charge in [0.2, 0.25) is 0 Å². The highest BCUT2D eigenvalue weighted by molar-refractivity contribution is 5.99. The van der Waals surface area contributed by atoms with Crippen molar-refractivity contribution in [3.8, 4) is 0 Å². The fraction of sp³-hybridized carbons (Fsp3) is 0.273. The molecule has 0 amide bonds. The van der Waals surface area contributed by atoms with Gasteiger partial charge in [0.15, 0.2) is 5.78 Å². The third-order valence-corrected chi connectivity index (χ3v) is 2.15. The van der Waals surface area contributed by atoms with E-state index in [2.05, 4.69) is 4.74 Å². The zero-order valence-corrected chi connectivity index (χ0v) is 9.07. The normalized spacial score (nSPS) is 12.0. The van der Waals surface area contributed by atoms with Crippen LogP contribution in [-0.2, 0) is 9.53 Å². The van der Waals surface area contributed by atoms with Crippen LogP contribution in [0, 0.1) is 11.6 Å². The Bertz CT molecular complexity index is 428. The van der Waals surface area contributed by atoms with Crippen LogP contribution in [0.4, 0.5) is 8.78 Å². The molecule has 0 aliphatic heterocycles.